The second-order valence-electron chi connectivity index (χ2n) is 8.13. The molecule has 0 aliphatic rings. The summed E-state index contributed by atoms with van der Waals surface area (Å²) >= 11 is 17.3. The molecule has 1 heterocycles. The molecule has 4 rings (SSSR count). The molecule has 0 atom stereocenters. The normalized spacial score (nSPS) is 11.1. The Kier molecular flexibility index (Phi) is 9.40. The molecule has 4 aromatic rings. The smallest absolute Gasteiger partial charge is 0.416 e. The van der Waals surface area contributed by atoms with Crippen LogP contribution in [0.2, 0.25) is 10.0 Å². The highest BCUT2D eigenvalue weighted by Crippen LogP contribution is 2.35. The van der Waals surface area contributed by atoms with Crippen LogP contribution >= 0.6 is 35.4 Å². The molecule has 3 aromatic carbocycles. The van der Waals surface area contributed by atoms with Crippen LogP contribution in [-0.2, 0) is 17.5 Å². The van der Waals surface area contributed by atoms with Crippen LogP contribution in [0.5, 0.6) is 11.5 Å². The van der Waals surface area contributed by atoms with Crippen molar-refractivity contribution in [1.82, 2.24) is 30.8 Å². The van der Waals surface area contributed by atoms with Crippen molar-refractivity contribution in [3.05, 3.63) is 82.3 Å². The second-order valence-corrected chi connectivity index (χ2v) is 9.38. The van der Waals surface area contributed by atoms with Crippen molar-refractivity contribution in [3.63, 3.8) is 0 Å². The second kappa shape index (κ2) is 12.9. The topological polar surface area (TPSA) is 106 Å². The van der Waals surface area contributed by atoms with Gasteiger partial charge in [-0.15, -0.1) is 10.2 Å². The maximum atomic E-state index is 12.9. The third kappa shape index (κ3) is 8.04. The van der Waals surface area contributed by atoms with E-state index in [4.69, 9.17) is 40.2 Å². The maximum absolute atomic E-state index is 12.9. The summed E-state index contributed by atoms with van der Waals surface area (Å²) in [5, 5.41) is 21.3. The Morgan fingerprint density at radius 3 is 2.52 bits per heavy atom. The molecule has 0 bridgehead atoms. The van der Waals surface area contributed by atoms with E-state index in [1.165, 1.54) is 12.1 Å². The Morgan fingerprint density at radius 1 is 0.975 bits per heavy atom. The van der Waals surface area contributed by atoms with Gasteiger partial charge >= 0.3 is 6.18 Å². The maximum Gasteiger partial charge on any atom is 0.416 e. The van der Waals surface area contributed by atoms with Gasteiger partial charge in [-0.25, -0.2) is 0 Å². The zero-order valence-corrected chi connectivity index (χ0v) is 22.7. The third-order valence-electron chi connectivity index (χ3n) is 5.16. The molecule has 1 aromatic heterocycles. The largest absolute Gasteiger partial charge is 0.455 e. The molecule has 0 radical (unpaired) electrons. The summed E-state index contributed by atoms with van der Waals surface area (Å²) in [5.74, 6) is 0.668. The number of rotatable bonds is 9. The first kappa shape index (κ1) is 29.1. The number of nitrogens with one attached hydrogen (secondary N) is 3. The van der Waals surface area contributed by atoms with Crippen molar-refractivity contribution in [1.29, 1.82) is 0 Å². The fraction of sp³-hybridized carbons (Fsp3) is 0.160. The van der Waals surface area contributed by atoms with E-state index in [2.05, 4.69) is 31.4 Å². The standard InChI is InChI=1S/C25H20Cl2F3N7O2S/c26-16-8-9-21(19(27)13-16)39-20-7-2-1-6-18(20)23-34-36-37(35-23)14-22(38)31-10-11-32-24(40)33-17-5-3-4-15(12-17)25(28,29)30/h1-9,12-13H,10-11,14H2,(H,31,38)(H2,32,33,40). The number of carbonyl (C=O) groups excluding carboxylic acids is 1. The third-order valence-corrected chi connectivity index (χ3v) is 5.94. The zero-order chi connectivity index (χ0) is 28.7. The van der Waals surface area contributed by atoms with Gasteiger partial charge in [0.1, 0.15) is 18.0 Å². The predicted octanol–water partition coefficient (Wildman–Crippen LogP) is 5.56. The number of tetrazole rings is 1. The van der Waals surface area contributed by atoms with E-state index in [9.17, 15) is 18.0 Å². The van der Waals surface area contributed by atoms with E-state index in [0.29, 0.717) is 27.1 Å². The van der Waals surface area contributed by atoms with Crippen LogP contribution in [-0.4, -0.2) is 44.3 Å². The average Bonchev–Trinajstić information content (AvgIpc) is 3.36. The van der Waals surface area contributed by atoms with Crippen LogP contribution in [0.4, 0.5) is 18.9 Å². The Morgan fingerprint density at radius 2 is 1.75 bits per heavy atom. The number of anilines is 1. The molecule has 0 unspecified atom stereocenters. The van der Waals surface area contributed by atoms with Gasteiger partial charge < -0.3 is 20.7 Å². The molecule has 0 saturated carbocycles. The highest BCUT2D eigenvalue weighted by molar-refractivity contribution is 7.80. The van der Waals surface area contributed by atoms with Gasteiger partial charge in [0.2, 0.25) is 11.7 Å². The van der Waals surface area contributed by atoms with Crippen molar-refractivity contribution in [2.45, 2.75) is 12.7 Å². The number of nitrogens with zero attached hydrogens (tertiary/aromatic N) is 4. The van der Waals surface area contributed by atoms with Gasteiger partial charge in [-0.2, -0.15) is 18.0 Å². The Hall–Kier alpha value is -3.94. The number of hydrogen-bond acceptors (Lipinski definition) is 6. The first-order chi connectivity index (χ1) is 19.1. The number of amides is 1. The number of benzene rings is 3. The number of hydrogen-bond donors (Lipinski definition) is 3. The lowest BCUT2D eigenvalue weighted by atomic mass is 10.2. The van der Waals surface area contributed by atoms with E-state index < -0.39 is 11.7 Å². The number of thiocarbonyl (C=S) groups is 1. The molecule has 0 saturated heterocycles. The summed E-state index contributed by atoms with van der Waals surface area (Å²) in [7, 11) is 0. The van der Waals surface area contributed by atoms with Crippen LogP contribution in [0, 0.1) is 0 Å². The summed E-state index contributed by atoms with van der Waals surface area (Å²) in [4.78, 5) is 13.5. The molecule has 3 N–H and O–H groups in total. The molecule has 0 aliphatic heterocycles. The minimum absolute atomic E-state index is 0.108. The molecular weight excluding hydrogens is 590 g/mol. The van der Waals surface area contributed by atoms with Crippen molar-refractivity contribution in [2.75, 3.05) is 18.4 Å². The summed E-state index contributed by atoms with van der Waals surface area (Å²) in [6, 6.07) is 16.5. The molecule has 40 heavy (non-hydrogen) atoms. The van der Waals surface area contributed by atoms with Gasteiger partial charge in [-0.3, -0.25) is 4.79 Å². The lowest BCUT2D eigenvalue weighted by Gasteiger charge is -2.13. The summed E-state index contributed by atoms with van der Waals surface area (Å²) in [5.41, 5.74) is -0.0711. The Bertz CT molecular complexity index is 1520. The number of halogens is 5. The number of carbonyl (C=O) groups is 1. The molecule has 15 heteroatoms. The van der Waals surface area contributed by atoms with Crippen molar-refractivity contribution in [3.8, 4) is 22.9 Å². The summed E-state index contributed by atoms with van der Waals surface area (Å²) < 4.78 is 44.5. The molecule has 0 aliphatic carbocycles. The van der Waals surface area contributed by atoms with Gasteiger partial charge in [0.05, 0.1) is 16.1 Å². The van der Waals surface area contributed by atoms with E-state index in [-0.39, 0.29) is 42.2 Å². The first-order valence-electron chi connectivity index (χ1n) is 11.6. The van der Waals surface area contributed by atoms with E-state index in [1.54, 1.807) is 42.5 Å². The molecule has 9 nitrogen and oxygen atoms in total. The SMILES string of the molecule is O=C(Cn1nnc(-c2ccccc2Oc2ccc(Cl)cc2Cl)n1)NCCNC(=S)Nc1cccc(C(F)(F)F)c1. The molecule has 1 amide bonds. The Balaban J connectivity index is 1.26. The fourth-order valence-corrected chi connectivity index (χ4v) is 4.01. The van der Waals surface area contributed by atoms with Crippen LogP contribution in [0.15, 0.2) is 66.7 Å². The highest BCUT2D eigenvalue weighted by atomic mass is 35.5. The van der Waals surface area contributed by atoms with Crippen molar-refractivity contribution in [2.24, 2.45) is 0 Å². The molecular formula is C25H20Cl2F3N7O2S. The molecule has 0 spiro atoms. The number of aromatic nitrogens is 4. The quantitative estimate of drug-likeness (QED) is 0.167. The van der Waals surface area contributed by atoms with E-state index in [1.807, 2.05) is 0 Å². The van der Waals surface area contributed by atoms with Crippen LogP contribution in [0.25, 0.3) is 11.4 Å². The monoisotopic (exact) mass is 609 g/mol. The first-order valence-corrected chi connectivity index (χ1v) is 12.7. The van der Waals surface area contributed by atoms with Gasteiger partial charge in [0, 0.05) is 23.8 Å². The van der Waals surface area contributed by atoms with Gasteiger partial charge in [-0.05, 0) is 66.0 Å². The molecule has 0 fully saturated rings. The lowest BCUT2D eigenvalue weighted by molar-refractivity contribution is -0.137. The number of alkyl halides is 3. The van der Waals surface area contributed by atoms with Crippen molar-refractivity contribution < 1.29 is 22.7 Å². The lowest BCUT2D eigenvalue weighted by Crippen LogP contribution is -2.38. The van der Waals surface area contributed by atoms with E-state index in [0.717, 1.165) is 16.9 Å². The van der Waals surface area contributed by atoms with Crippen LogP contribution in [0.3, 0.4) is 0 Å². The van der Waals surface area contributed by atoms with Crippen LogP contribution < -0.4 is 20.7 Å². The number of ether oxygens (including phenoxy) is 1. The fourth-order valence-electron chi connectivity index (χ4n) is 3.35. The predicted molar refractivity (Wildman–Crippen MR) is 148 cm³/mol. The van der Waals surface area contributed by atoms with Gasteiger partial charge in [-0.1, -0.05) is 41.4 Å². The molecule has 208 valence electrons. The summed E-state index contributed by atoms with van der Waals surface area (Å²) in [6.07, 6.45) is -4.46. The van der Waals surface area contributed by atoms with Crippen molar-refractivity contribution >= 4 is 52.1 Å². The summed E-state index contributed by atoms with van der Waals surface area (Å²) in [6.45, 7) is 0.208. The minimum atomic E-state index is -4.46. The Labute approximate surface area is 241 Å². The van der Waals surface area contributed by atoms with E-state index >= 15 is 0 Å². The van der Waals surface area contributed by atoms with Gasteiger partial charge in [0.25, 0.3) is 0 Å². The van der Waals surface area contributed by atoms with Crippen LogP contribution in [0.1, 0.15) is 5.56 Å². The van der Waals surface area contributed by atoms with Gasteiger partial charge in [0.15, 0.2) is 5.11 Å². The zero-order valence-electron chi connectivity index (χ0n) is 20.4. The average molecular weight is 610 g/mol. The minimum Gasteiger partial charge on any atom is -0.455 e. The highest BCUT2D eigenvalue weighted by Gasteiger charge is 2.30. The number of para-hydroxylation sites is 1.